The highest BCUT2D eigenvalue weighted by molar-refractivity contribution is 7.89. The summed E-state index contributed by atoms with van der Waals surface area (Å²) in [7, 11) is -3.58. The third-order valence-electron chi connectivity index (χ3n) is 3.52. The molecule has 120 valence electrons. The van der Waals surface area contributed by atoms with Gasteiger partial charge in [0, 0.05) is 6.54 Å². The van der Waals surface area contributed by atoms with Gasteiger partial charge in [-0.1, -0.05) is 56.5 Å². The van der Waals surface area contributed by atoms with Gasteiger partial charge in [-0.2, -0.15) is 4.31 Å². The van der Waals surface area contributed by atoms with Crippen molar-refractivity contribution in [2.75, 3.05) is 13.1 Å². The molecule has 1 aromatic rings. The average Bonchev–Trinajstić information content (AvgIpc) is 2.42. The van der Waals surface area contributed by atoms with E-state index in [-0.39, 0.29) is 23.4 Å². The van der Waals surface area contributed by atoms with E-state index in [1.807, 2.05) is 27.7 Å². The molecule has 0 bridgehead atoms. The van der Waals surface area contributed by atoms with Gasteiger partial charge in [-0.25, -0.2) is 8.42 Å². The van der Waals surface area contributed by atoms with Crippen molar-refractivity contribution in [1.29, 1.82) is 0 Å². The Labute approximate surface area is 135 Å². The molecule has 0 aliphatic carbocycles. The quantitative estimate of drug-likeness (QED) is 0.614. The van der Waals surface area contributed by atoms with Crippen LogP contribution in [0, 0.1) is 24.2 Å². The molecule has 0 aromatic heterocycles. The summed E-state index contributed by atoms with van der Waals surface area (Å²) in [5.74, 6) is 5.61. The molecule has 4 heteroatoms. The molecule has 0 aliphatic rings. The molecule has 0 aliphatic heterocycles. The van der Waals surface area contributed by atoms with E-state index in [0.717, 1.165) is 11.1 Å². The molecule has 0 unspecified atom stereocenters. The van der Waals surface area contributed by atoms with E-state index in [0.29, 0.717) is 0 Å². The molecular weight excluding hydrogens is 294 g/mol. The van der Waals surface area contributed by atoms with E-state index < -0.39 is 10.0 Å². The fourth-order valence-corrected chi connectivity index (χ4v) is 3.04. The summed E-state index contributed by atoms with van der Waals surface area (Å²) in [5.41, 5.74) is 1.74. The molecule has 0 fully saturated rings. The van der Waals surface area contributed by atoms with Gasteiger partial charge in [0.05, 0.1) is 11.4 Å². The van der Waals surface area contributed by atoms with E-state index in [2.05, 4.69) is 18.4 Å². The summed E-state index contributed by atoms with van der Waals surface area (Å²) < 4.78 is 27.0. The van der Waals surface area contributed by atoms with E-state index >= 15 is 0 Å². The monoisotopic (exact) mass is 319 g/mol. The van der Waals surface area contributed by atoms with Crippen LogP contribution >= 0.6 is 0 Å². The lowest BCUT2D eigenvalue weighted by molar-refractivity contribution is 0.416. The molecule has 0 amide bonds. The van der Waals surface area contributed by atoms with Crippen molar-refractivity contribution >= 4 is 10.0 Å². The Morgan fingerprint density at radius 3 is 2.23 bits per heavy atom. The second-order valence-corrected chi connectivity index (χ2v) is 8.30. The number of rotatable bonds is 5. The highest BCUT2D eigenvalue weighted by Crippen LogP contribution is 2.26. The molecular formula is C18H25NO2S. The standard InChI is InChI=1S/C18H25NO2S/c1-7-8-13-19(14-16(3)18(4,5)6)22(20,21)17-11-9-15(2)10-12-17/h9-12H,3,13-14H2,1-2,4-6H3. The maximum Gasteiger partial charge on any atom is 0.244 e. The Morgan fingerprint density at radius 1 is 1.23 bits per heavy atom. The smallest absolute Gasteiger partial charge is 0.207 e. The van der Waals surface area contributed by atoms with Gasteiger partial charge in [0.2, 0.25) is 10.0 Å². The van der Waals surface area contributed by atoms with Crippen LogP contribution < -0.4 is 0 Å². The number of nitrogens with zero attached hydrogens (tertiary/aromatic N) is 1. The third-order valence-corrected chi connectivity index (χ3v) is 5.32. The number of aryl methyl sites for hydroxylation is 1. The van der Waals surface area contributed by atoms with E-state index in [1.54, 1.807) is 31.2 Å². The molecule has 3 nitrogen and oxygen atoms in total. The summed E-state index contributed by atoms with van der Waals surface area (Å²) in [5, 5.41) is 0. The van der Waals surface area contributed by atoms with Gasteiger partial charge in [-0.15, -0.1) is 5.92 Å². The van der Waals surface area contributed by atoms with Crippen LogP contribution in [0.1, 0.15) is 33.3 Å². The molecule has 0 spiro atoms. The predicted molar refractivity (Wildman–Crippen MR) is 92.0 cm³/mol. The number of sulfonamides is 1. The summed E-state index contributed by atoms with van der Waals surface area (Å²) in [6, 6.07) is 6.87. The lowest BCUT2D eigenvalue weighted by Gasteiger charge is -2.27. The molecule has 22 heavy (non-hydrogen) atoms. The molecule has 0 atom stereocenters. The van der Waals surface area contributed by atoms with Gasteiger partial charge in [-0.3, -0.25) is 0 Å². The first-order chi connectivity index (χ1) is 10.1. The van der Waals surface area contributed by atoms with Crippen LogP contribution in [0.5, 0.6) is 0 Å². The molecule has 0 N–H and O–H groups in total. The normalized spacial score (nSPS) is 11.9. The molecule has 0 saturated carbocycles. The number of hydrogen-bond donors (Lipinski definition) is 0. The van der Waals surface area contributed by atoms with Crippen LogP contribution in [0.25, 0.3) is 0 Å². The van der Waals surface area contributed by atoms with Crippen molar-refractivity contribution in [3.8, 4) is 11.8 Å². The molecule has 0 radical (unpaired) electrons. The van der Waals surface area contributed by atoms with E-state index in [4.69, 9.17) is 0 Å². The third kappa shape index (κ3) is 4.72. The summed E-state index contributed by atoms with van der Waals surface area (Å²) >= 11 is 0. The minimum Gasteiger partial charge on any atom is -0.207 e. The summed E-state index contributed by atoms with van der Waals surface area (Å²) in [4.78, 5) is 0.290. The zero-order valence-corrected chi connectivity index (χ0v) is 14.9. The molecule has 0 saturated heterocycles. The maximum absolute atomic E-state index is 12.8. The fourth-order valence-electron chi connectivity index (χ4n) is 1.70. The van der Waals surface area contributed by atoms with Crippen LogP contribution in [-0.2, 0) is 10.0 Å². The minimum atomic E-state index is -3.58. The molecule has 1 rings (SSSR count). The Bertz CT molecular complexity index is 683. The van der Waals surface area contributed by atoms with Gasteiger partial charge < -0.3 is 0 Å². The first-order valence-corrected chi connectivity index (χ1v) is 8.67. The van der Waals surface area contributed by atoms with Gasteiger partial charge in [0.15, 0.2) is 0 Å². The largest absolute Gasteiger partial charge is 0.244 e. The van der Waals surface area contributed by atoms with Crippen LogP contribution in [0.3, 0.4) is 0 Å². The van der Waals surface area contributed by atoms with Gasteiger partial charge >= 0.3 is 0 Å². The number of hydrogen-bond acceptors (Lipinski definition) is 2. The Hall–Kier alpha value is -1.57. The second-order valence-electron chi connectivity index (χ2n) is 6.37. The van der Waals surface area contributed by atoms with Crippen LogP contribution in [0.2, 0.25) is 0 Å². The van der Waals surface area contributed by atoms with Gasteiger partial charge in [0.25, 0.3) is 0 Å². The molecule has 1 aromatic carbocycles. The number of benzene rings is 1. The summed E-state index contributed by atoms with van der Waals surface area (Å²) in [6.45, 7) is 14.2. The van der Waals surface area contributed by atoms with Crippen LogP contribution in [0.4, 0.5) is 0 Å². The summed E-state index contributed by atoms with van der Waals surface area (Å²) in [6.07, 6.45) is 0. The zero-order chi connectivity index (χ0) is 17.0. The highest BCUT2D eigenvalue weighted by atomic mass is 32.2. The van der Waals surface area contributed by atoms with Crippen molar-refractivity contribution in [3.63, 3.8) is 0 Å². The topological polar surface area (TPSA) is 37.4 Å². The lowest BCUT2D eigenvalue weighted by atomic mass is 9.87. The Morgan fingerprint density at radius 2 is 1.77 bits per heavy atom. The lowest BCUT2D eigenvalue weighted by Crippen LogP contribution is -2.35. The first kappa shape index (κ1) is 18.5. The van der Waals surface area contributed by atoms with Crippen molar-refractivity contribution in [2.24, 2.45) is 5.41 Å². The van der Waals surface area contributed by atoms with Crippen molar-refractivity contribution in [3.05, 3.63) is 42.0 Å². The second kappa shape index (κ2) is 7.13. The van der Waals surface area contributed by atoms with Crippen molar-refractivity contribution in [2.45, 2.75) is 39.5 Å². The van der Waals surface area contributed by atoms with E-state index in [9.17, 15) is 8.42 Å². The highest BCUT2D eigenvalue weighted by Gasteiger charge is 2.27. The Kier molecular flexibility index (Phi) is 5.99. The van der Waals surface area contributed by atoms with Crippen LogP contribution in [-0.4, -0.2) is 25.8 Å². The van der Waals surface area contributed by atoms with Gasteiger partial charge in [-0.05, 0) is 31.4 Å². The van der Waals surface area contributed by atoms with Crippen molar-refractivity contribution in [1.82, 2.24) is 4.31 Å². The average molecular weight is 319 g/mol. The van der Waals surface area contributed by atoms with Crippen molar-refractivity contribution < 1.29 is 8.42 Å². The predicted octanol–water partition coefficient (Wildman–Crippen LogP) is 3.61. The molecule has 0 heterocycles. The van der Waals surface area contributed by atoms with Gasteiger partial charge in [0.1, 0.15) is 0 Å². The first-order valence-electron chi connectivity index (χ1n) is 7.23. The minimum absolute atomic E-state index is 0.152. The fraction of sp³-hybridized carbons (Fsp3) is 0.444. The Balaban J connectivity index is 3.16. The van der Waals surface area contributed by atoms with Crippen LogP contribution in [0.15, 0.2) is 41.3 Å². The van der Waals surface area contributed by atoms with E-state index in [1.165, 1.54) is 4.31 Å². The zero-order valence-electron chi connectivity index (χ0n) is 14.1. The SMILES string of the molecule is C=C(CN(CC#CC)S(=O)(=O)c1ccc(C)cc1)C(C)(C)C. The maximum atomic E-state index is 12.8.